The van der Waals surface area contributed by atoms with Crippen LogP contribution in [0.1, 0.15) is 107 Å². The molecule has 0 aromatic carbocycles. The van der Waals surface area contributed by atoms with Crippen LogP contribution in [0.5, 0.6) is 0 Å². The molecule has 1 unspecified atom stereocenters. The molecule has 3 aliphatic carbocycles. The van der Waals surface area contributed by atoms with Crippen molar-refractivity contribution in [3.63, 3.8) is 0 Å². The van der Waals surface area contributed by atoms with Gasteiger partial charge in [-0.05, 0) is 109 Å². The number of aliphatic hydroxyl groups excluding tert-OH is 1. The van der Waals surface area contributed by atoms with E-state index in [1.807, 2.05) is 6.08 Å². The number of carbonyl (C=O) groups excluding carboxylic acids is 1. The highest BCUT2D eigenvalue weighted by Crippen LogP contribution is 2.59. The summed E-state index contributed by atoms with van der Waals surface area (Å²) in [6, 6.07) is 0. The maximum Gasteiger partial charge on any atom is 0.333 e. The number of hydrogen-bond donors (Lipinski definition) is 1. The van der Waals surface area contributed by atoms with Gasteiger partial charge in [-0.15, -0.1) is 0 Å². The van der Waals surface area contributed by atoms with Crippen LogP contribution in [0.4, 0.5) is 0 Å². The first-order chi connectivity index (χ1) is 22.9. The third-order valence-corrected chi connectivity index (χ3v) is 22.2. The van der Waals surface area contributed by atoms with E-state index in [1.54, 1.807) is 11.6 Å². The SMILES string of the molecule is C=C(CC(O)C=CC=C[C@@H](C)[C@H]1CC[C@H]2C(=CC=C3C[C@@H](O[Si](C)(C)C(C)(C)C)C[C@H](O[Si](C)(C)C(C)(C)C)C3=C)CCC[C@]12C)C(=O)OC. The number of methoxy groups -OCH3 is 1. The molecule has 3 rings (SSSR count). The van der Waals surface area contributed by atoms with Crippen LogP contribution in [0.3, 0.4) is 0 Å². The van der Waals surface area contributed by atoms with Crippen LogP contribution >= 0.6 is 0 Å². The fourth-order valence-corrected chi connectivity index (χ4v) is 10.7. The Morgan fingerprint density at radius 3 is 2.20 bits per heavy atom. The zero-order chi connectivity index (χ0) is 37.9. The number of aliphatic hydroxyl groups is 1. The fraction of sp³-hybridized carbons (Fsp3) is 0.698. The molecule has 3 saturated carbocycles. The Hall–Kier alpha value is -1.78. The third kappa shape index (κ3) is 10.2. The van der Waals surface area contributed by atoms with Gasteiger partial charge in [0.25, 0.3) is 0 Å². The van der Waals surface area contributed by atoms with E-state index >= 15 is 0 Å². The zero-order valence-corrected chi connectivity index (χ0v) is 36.1. The Bertz CT molecular complexity index is 1350. The molecule has 0 bridgehead atoms. The molecule has 3 aliphatic rings. The predicted molar refractivity (Wildman–Crippen MR) is 216 cm³/mol. The van der Waals surface area contributed by atoms with Gasteiger partial charge in [0.15, 0.2) is 16.6 Å². The Kier molecular flexibility index (Phi) is 14.1. The molecule has 7 heteroatoms. The van der Waals surface area contributed by atoms with E-state index in [-0.39, 0.29) is 39.7 Å². The van der Waals surface area contributed by atoms with Gasteiger partial charge in [0.05, 0.1) is 25.4 Å². The molecule has 5 nitrogen and oxygen atoms in total. The minimum atomic E-state index is -2.01. The van der Waals surface area contributed by atoms with Crippen LogP contribution in [0.25, 0.3) is 0 Å². The van der Waals surface area contributed by atoms with Crippen molar-refractivity contribution >= 4 is 22.6 Å². The highest BCUT2D eigenvalue weighted by Gasteiger charge is 2.50. The smallest absolute Gasteiger partial charge is 0.333 e. The van der Waals surface area contributed by atoms with E-state index in [0.717, 1.165) is 18.4 Å². The van der Waals surface area contributed by atoms with Gasteiger partial charge in [0.2, 0.25) is 0 Å². The number of rotatable bonds is 12. The van der Waals surface area contributed by atoms with Crippen molar-refractivity contribution < 1.29 is 23.5 Å². The Morgan fingerprint density at radius 1 is 1.00 bits per heavy atom. The summed E-state index contributed by atoms with van der Waals surface area (Å²) in [5.41, 5.74) is 4.59. The number of esters is 1. The van der Waals surface area contributed by atoms with Gasteiger partial charge in [-0.3, -0.25) is 0 Å². The quantitative estimate of drug-likeness (QED) is 0.0939. The Balaban J connectivity index is 1.81. The van der Waals surface area contributed by atoms with Crippen molar-refractivity contribution in [2.45, 2.75) is 161 Å². The lowest BCUT2D eigenvalue weighted by atomic mass is 9.61. The molecule has 0 spiro atoms. The summed E-state index contributed by atoms with van der Waals surface area (Å²) in [5, 5.41) is 10.6. The average Bonchev–Trinajstić information content (AvgIpc) is 3.35. The Morgan fingerprint density at radius 2 is 1.60 bits per heavy atom. The summed E-state index contributed by atoms with van der Waals surface area (Å²) >= 11 is 0. The summed E-state index contributed by atoms with van der Waals surface area (Å²) in [5.74, 6) is 1.14. The normalized spacial score (nSPS) is 29.9. The van der Waals surface area contributed by atoms with E-state index in [1.165, 1.54) is 44.8 Å². The Labute approximate surface area is 308 Å². The van der Waals surface area contributed by atoms with E-state index < -0.39 is 28.7 Å². The molecule has 1 N–H and O–H groups in total. The van der Waals surface area contributed by atoms with E-state index in [9.17, 15) is 9.90 Å². The molecule has 0 aliphatic heterocycles. The van der Waals surface area contributed by atoms with Crippen molar-refractivity contribution in [2.24, 2.45) is 23.2 Å². The van der Waals surface area contributed by atoms with E-state index in [0.29, 0.717) is 17.8 Å². The molecular weight excluding hydrogens is 653 g/mol. The van der Waals surface area contributed by atoms with Gasteiger partial charge < -0.3 is 18.7 Å². The monoisotopic (exact) mass is 724 g/mol. The number of ether oxygens (including phenoxy) is 1. The van der Waals surface area contributed by atoms with E-state index in [4.69, 9.17) is 13.6 Å². The molecule has 0 heterocycles. The second-order valence-corrected chi connectivity index (χ2v) is 28.4. The second-order valence-electron chi connectivity index (χ2n) is 18.9. The molecule has 0 aromatic rings. The van der Waals surface area contributed by atoms with Crippen LogP contribution in [-0.4, -0.2) is 53.1 Å². The molecule has 0 amide bonds. The van der Waals surface area contributed by atoms with Crippen LogP contribution in [-0.2, 0) is 18.4 Å². The number of carbonyl (C=O) groups is 1. The molecule has 0 saturated heterocycles. The van der Waals surface area contributed by atoms with Gasteiger partial charge in [-0.25, -0.2) is 4.79 Å². The minimum absolute atomic E-state index is 0.00832. The van der Waals surface area contributed by atoms with Crippen molar-refractivity contribution in [3.8, 4) is 0 Å². The lowest BCUT2D eigenvalue weighted by Crippen LogP contribution is -2.49. The fourth-order valence-electron chi connectivity index (χ4n) is 8.02. The van der Waals surface area contributed by atoms with Crippen LogP contribution in [0.2, 0.25) is 36.3 Å². The van der Waals surface area contributed by atoms with Gasteiger partial charge in [-0.1, -0.05) is 111 Å². The maximum absolute atomic E-state index is 11.6. The lowest BCUT2D eigenvalue weighted by Gasteiger charge is -2.45. The second kappa shape index (κ2) is 16.5. The summed E-state index contributed by atoms with van der Waals surface area (Å²) in [6.07, 6.45) is 20.2. The highest BCUT2D eigenvalue weighted by molar-refractivity contribution is 6.74. The summed E-state index contributed by atoms with van der Waals surface area (Å²) < 4.78 is 18.9. The third-order valence-electron chi connectivity index (χ3n) is 13.2. The molecule has 7 atom stereocenters. The molecule has 0 aromatic heterocycles. The van der Waals surface area contributed by atoms with Crippen LogP contribution in [0, 0.1) is 23.2 Å². The van der Waals surface area contributed by atoms with E-state index in [2.05, 4.69) is 119 Å². The van der Waals surface area contributed by atoms with Gasteiger partial charge >= 0.3 is 5.97 Å². The minimum Gasteiger partial charge on any atom is -0.466 e. The van der Waals surface area contributed by atoms with Crippen molar-refractivity contribution in [1.29, 1.82) is 0 Å². The zero-order valence-electron chi connectivity index (χ0n) is 34.1. The molecule has 50 heavy (non-hydrogen) atoms. The number of hydrogen-bond acceptors (Lipinski definition) is 5. The first-order valence-electron chi connectivity index (χ1n) is 19.2. The van der Waals surface area contributed by atoms with Gasteiger partial charge in [0.1, 0.15) is 0 Å². The first-order valence-corrected chi connectivity index (χ1v) is 25.0. The summed E-state index contributed by atoms with van der Waals surface area (Å²) in [4.78, 5) is 11.6. The van der Waals surface area contributed by atoms with Gasteiger partial charge in [0, 0.05) is 18.4 Å². The topological polar surface area (TPSA) is 65.0 Å². The molecule has 3 fully saturated rings. The van der Waals surface area contributed by atoms with Crippen molar-refractivity contribution in [1.82, 2.24) is 0 Å². The van der Waals surface area contributed by atoms with Crippen LogP contribution < -0.4 is 0 Å². The molecule has 0 radical (unpaired) electrons. The number of fused-ring (bicyclic) bond motifs is 1. The van der Waals surface area contributed by atoms with Crippen LogP contribution in [0.15, 0.2) is 71.9 Å². The lowest BCUT2D eigenvalue weighted by molar-refractivity contribution is -0.136. The molecule has 282 valence electrons. The van der Waals surface area contributed by atoms with Crippen molar-refractivity contribution in [2.75, 3.05) is 7.11 Å². The first kappa shape index (κ1) is 42.6. The largest absolute Gasteiger partial charge is 0.466 e. The average molecular weight is 725 g/mol. The standard InChI is InChI=1S/C43H72O5Si2/c1-30(19-16-17-21-35(44)27-31(2)40(45)46-11)37-24-25-38-33(20-18-26-43(37,38)10)22-23-34-28-36(47-49(12,13)41(4,5)6)29-39(32(34)3)48-50(14,15)42(7,8)9/h16-17,19,21-23,30,35-39,44H,2-3,18,20,24-29H2,1,4-15H3/t30-,35?,36-,37-,38+,39+,43-/m1/s1. The molecular formula is C43H72O5Si2. The highest BCUT2D eigenvalue weighted by atomic mass is 28.4. The maximum atomic E-state index is 11.6. The van der Waals surface area contributed by atoms with Crippen molar-refractivity contribution in [3.05, 3.63) is 71.9 Å². The van der Waals surface area contributed by atoms with Gasteiger partial charge in [-0.2, -0.15) is 0 Å². The number of allylic oxidation sites excluding steroid dienone is 6. The predicted octanol–water partition coefficient (Wildman–Crippen LogP) is 11.4. The summed E-state index contributed by atoms with van der Waals surface area (Å²) in [6.45, 7) is 36.6. The summed E-state index contributed by atoms with van der Waals surface area (Å²) in [7, 11) is -2.64.